The van der Waals surface area contributed by atoms with Gasteiger partial charge in [-0.1, -0.05) is 201 Å². The number of unbranched alkanes of at least 4 members (excludes halogenated alkanes) is 26. The fourth-order valence-corrected chi connectivity index (χ4v) is 6.63. The van der Waals surface area contributed by atoms with Gasteiger partial charge in [0.05, 0.1) is 0 Å². The summed E-state index contributed by atoms with van der Waals surface area (Å²) in [7, 11) is 0. The summed E-state index contributed by atoms with van der Waals surface area (Å²) in [6.07, 6.45) is 47.1. The largest absolute Gasteiger partial charge is 0.332 e. The van der Waals surface area contributed by atoms with E-state index in [9.17, 15) is 0 Å². The highest BCUT2D eigenvalue weighted by molar-refractivity contribution is 5.01. The van der Waals surface area contributed by atoms with E-state index in [2.05, 4.69) is 38.5 Å². The minimum Gasteiger partial charge on any atom is -0.332 e. The van der Waals surface area contributed by atoms with E-state index in [4.69, 9.17) is 4.98 Å². The quantitative estimate of drug-likeness (QED) is 0.0785. The molecule has 41 heavy (non-hydrogen) atoms. The lowest BCUT2D eigenvalue weighted by Gasteiger charge is -2.20. The molecule has 2 unspecified atom stereocenters. The summed E-state index contributed by atoms with van der Waals surface area (Å²) in [4.78, 5) is 4.80. The van der Waals surface area contributed by atoms with Crippen molar-refractivity contribution in [2.24, 2.45) is 0 Å². The Labute approximate surface area is 259 Å². The summed E-state index contributed by atoms with van der Waals surface area (Å²) in [5, 5.41) is 0. The summed E-state index contributed by atoms with van der Waals surface area (Å²) in [5.41, 5.74) is 0. The first kappa shape index (κ1) is 38.2. The summed E-state index contributed by atoms with van der Waals surface area (Å²) in [6, 6.07) is 0.587. The number of rotatable bonds is 32. The lowest BCUT2D eigenvalue weighted by atomic mass is 9.99. The number of aromatic nitrogens is 2. The zero-order valence-corrected chi connectivity index (χ0v) is 28.9. The Hall–Kier alpha value is -0.790. The van der Waals surface area contributed by atoms with Crippen molar-refractivity contribution in [1.29, 1.82) is 0 Å². The van der Waals surface area contributed by atoms with E-state index >= 15 is 0 Å². The van der Waals surface area contributed by atoms with Gasteiger partial charge in [0, 0.05) is 24.4 Å². The zero-order valence-electron chi connectivity index (χ0n) is 28.9. The van der Waals surface area contributed by atoms with Crippen LogP contribution >= 0.6 is 0 Å². The molecule has 0 spiro atoms. The standard InChI is InChI=1S/C39H76N2/c1-5-7-9-11-13-15-17-19-20-21-22-23-25-27-29-31-33-37(3)39-40-35-36-41(39)38(4)34-32-30-28-26-24-18-16-14-12-10-8-6-2/h35-38H,5-34H2,1-4H3. The van der Waals surface area contributed by atoms with Crippen LogP contribution in [-0.4, -0.2) is 9.55 Å². The van der Waals surface area contributed by atoms with E-state index in [0.717, 1.165) is 0 Å². The number of hydrogen-bond acceptors (Lipinski definition) is 1. The van der Waals surface area contributed by atoms with Crippen LogP contribution in [0.2, 0.25) is 0 Å². The van der Waals surface area contributed by atoms with Crippen LogP contribution in [0.5, 0.6) is 0 Å². The second-order valence-electron chi connectivity index (χ2n) is 13.7. The molecule has 0 fully saturated rings. The Morgan fingerprint density at radius 2 is 0.780 bits per heavy atom. The van der Waals surface area contributed by atoms with E-state index in [0.29, 0.717) is 12.0 Å². The Morgan fingerprint density at radius 1 is 0.463 bits per heavy atom. The normalized spacial score (nSPS) is 13.2. The average molecular weight is 573 g/mol. The molecule has 0 aliphatic heterocycles. The second-order valence-corrected chi connectivity index (χ2v) is 13.7. The van der Waals surface area contributed by atoms with Crippen molar-refractivity contribution in [3.8, 4) is 0 Å². The van der Waals surface area contributed by atoms with Crippen molar-refractivity contribution in [3.63, 3.8) is 0 Å². The maximum atomic E-state index is 4.80. The number of hydrogen-bond donors (Lipinski definition) is 0. The molecule has 0 aliphatic rings. The molecule has 0 bridgehead atoms. The topological polar surface area (TPSA) is 17.8 Å². The number of imidazole rings is 1. The van der Waals surface area contributed by atoms with E-state index in [-0.39, 0.29) is 0 Å². The molecule has 0 aliphatic carbocycles. The molecule has 0 aromatic carbocycles. The van der Waals surface area contributed by atoms with Gasteiger partial charge < -0.3 is 4.57 Å². The van der Waals surface area contributed by atoms with Crippen molar-refractivity contribution in [1.82, 2.24) is 9.55 Å². The Bertz CT molecular complexity index is 635. The molecule has 1 aromatic heterocycles. The zero-order chi connectivity index (χ0) is 29.6. The lowest BCUT2D eigenvalue weighted by molar-refractivity contribution is 0.435. The Morgan fingerprint density at radius 3 is 1.15 bits per heavy atom. The number of nitrogens with zero attached hydrogens (tertiary/aromatic N) is 2. The average Bonchev–Trinajstić information content (AvgIpc) is 3.48. The molecule has 1 rings (SSSR count). The van der Waals surface area contributed by atoms with Crippen molar-refractivity contribution in [3.05, 3.63) is 18.2 Å². The minimum absolute atomic E-state index is 0.584. The molecule has 242 valence electrons. The molecule has 0 amide bonds. The van der Waals surface area contributed by atoms with Gasteiger partial charge in [0.1, 0.15) is 5.82 Å². The molecule has 0 radical (unpaired) electrons. The van der Waals surface area contributed by atoms with Gasteiger partial charge in [-0.2, -0.15) is 0 Å². The fourth-order valence-electron chi connectivity index (χ4n) is 6.63. The third-order valence-electron chi connectivity index (χ3n) is 9.58. The van der Waals surface area contributed by atoms with Crippen LogP contribution in [0.4, 0.5) is 0 Å². The predicted octanol–water partition coefficient (Wildman–Crippen LogP) is 14.3. The highest BCUT2D eigenvalue weighted by atomic mass is 15.1. The Kier molecular flexibility index (Phi) is 27.3. The smallest absolute Gasteiger partial charge is 0.111 e. The van der Waals surface area contributed by atoms with Crippen LogP contribution in [0.3, 0.4) is 0 Å². The van der Waals surface area contributed by atoms with Crippen LogP contribution in [0.15, 0.2) is 12.4 Å². The van der Waals surface area contributed by atoms with Gasteiger partial charge in [-0.15, -0.1) is 0 Å². The highest BCUT2D eigenvalue weighted by Crippen LogP contribution is 2.26. The first-order chi connectivity index (χ1) is 20.2. The maximum Gasteiger partial charge on any atom is 0.111 e. The van der Waals surface area contributed by atoms with Gasteiger partial charge in [0.25, 0.3) is 0 Å². The van der Waals surface area contributed by atoms with Crippen LogP contribution < -0.4 is 0 Å². The van der Waals surface area contributed by atoms with Crippen LogP contribution in [0.25, 0.3) is 0 Å². The van der Waals surface area contributed by atoms with E-state index in [1.165, 1.54) is 198 Å². The van der Waals surface area contributed by atoms with Crippen molar-refractivity contribution in [2.75, 3.05) is 0 Å². The molecule has 0 saturated carbocycles. The molecule has 1 aromatic rings. The van der Waals surface area contributed by atoms with Crippen molar-refractivity contribution in [2.45, 2.75) is 232 Å². The third kappa shape index (κ3) is 22.4. The molecule has 1 heterocycles. The lowest BCUT2D eigenvalue weighted by Crippen LogP contribution is -2.11. The third-order valence-corrected chi connectivity index (χ3v) is 9.58. The molecule has 2 heteroatoms. The SMILES string of the molecule is CCCCCCCCCCCCCCCCCCC(C)c1nccn1C(C)CCCCCCCCCCCCCC. The molecule has 2 nitrogen and oxygen atoms in total. The van der Waals surface area contributed by atoms with Gasteiger partial charge in [-0.25, -0.2) is 4.98 Å². The summed E-state index contributed by atoms with van der Waals surface area (Å²) >= 11 is 0. The van der Waals surface area contributed by atoms with Crippen molar-refractivity contribution >= 4 is 0 Å². The Balaban J connectivity index is 1.97. The minimum atomic E-state index is 0.584. The molecule has 2 atom stereocenters. The van der Waals surface area contributed by atoms with Crippen LogP contribution in [0.1, 0.15) is 238 Å². The van der Waals surface area contributed by atoms with Gasteiger partial charge in [-0.05, 0) is 19.8 Å². The monoisotopic (exact) mass is 573 g/mol. The molecular formula is C39H76N2. The first-order valence-corrected chi connectivity index (χ1v) is 19.2. The van der Waals surface area contributed by atoms with Gasteiger partial charge in [0.2, 0.25) is 0 Å². The summed E-state index contributed by atoms with van der Waals surface area (Å²) in [5.74, 6) is 1.92. The molecule has 0 N–H and O–H groups in total. The summed E-state index contributed by atoms with van der Waals surface area (Å²) < 4.78 is 2.50. The molecular weight excluding hydrogens is 496 g/mol. The van der Waals surface area contributed by atoms with Crippen molar-refractivity contribution < 1.29 is 0 Å². The van der Waals surface area contributed by atoms with Gasteiger partial charge in [0.15, 0.2) is 0 Å². The molecule has 0 saturated heterocycles. The summed E-state index contributed by atoms with van der Waals surface area (Å²) in [6.45, 7) is 9.42. The van der Waals surface area contributed by atoms with E-state index in [1.807, 2.05) is 6.20 Å². The van der Waals surface area contributed by atoms with E-state index in [1.54, 1.807) is 0 Å². The first-order valence-electron chi connectivity index (χ1n) is 19.2. The van der Waals surface area contributed by atoms with E-state index < -0.39 is 0 Å². The van der Waals surface area contributed by atoms with Crippen LogP contribution in [0, 0.1) is 0 Å². The van der Waals surface area contributed by atoms with Gasteiger partial charge in [-0.3, -0.25) is 0 Å². The fraction of sp³-hybridized carbons (Fsp3) is 0.923. The van der Waals surface area contributed by atoms with Gasteiger partial charge >= 0.3 is 0 Å². The maximum absolute atomic E-state index is 4.80. The second kappa shape index (κ2) is 29.3. The highest BCUT2D eigenvalue weighted by Gasteiger charge is 2.15. The van der Waals surface area contributed by atoms with Crippen LogP contribution in [-0.2, 0) is 0 Å². The predicted molar refractivity (Wildman–Crippen MR) is 185 cm³/mol.